The first-order valence-corrected chi connectivity index (χ1v) is 9.17. The van der Waals surface area contributed by atoms with E-state index in [1.54, 1.807) is 0 Å². The summed E-state index contributed by atoms with van der Waals surface area (Å²) in [6.45, 7) is 3.52. The van der Waals surface area contributed by atoms with Crippen molar-refractivity contribution in [2.24, 2.45) is 5.73 Å². The molecule has 4 nitrogen and oxygen atoms in total. The largest absolute Gasteiger partial charge is 0.424 e. The van der Waals surface area contributed by atoms with Crippen LogP contribution in [0.4, 0.5) is 6.01 Å². The second kappa shape index (κ2) is 12.2. The Labute approximate surface area is 152 Å². The molecule has 1 heterocycles. The van der Waals surface area contributed by atoms with Gasteiger partial charge in [0.25, 0.3) is 6.01 Å². The molecule has 1 aromatic heterocycles. The zero-order chi connectivity index (χ0) is 16.3. The van der Waals surface area contributed by atoms with E-state index in [0.717, 1.165) is 17.5 Å². The third-order valence-electron chi connectivity index (χ3n) is 4.19. The smallest absolute Gasteiger partial charge is 0.295 e. The van der Waals surface area contributed by atoms with Crippen LogP contribution in [0.3, 0.4) is 0 Å². The molecule has 24 heavy (non-hydrogen) atoms. The van der Waals surface area contributed by atoms with Crippen LogP contribution in [0.15, 0.2) is 22.6 Å². The number of nitrogens with two attached hydrogens (primary N) is 1. The summed E-state index contributed by atoms with van der Waals surface area (Å²) in [5.74, 6) is 0. The Kier molecular flexibility index (Phi) is 10.5. The second-order valence-electron chi connectivity index (χ2n) is 6.26. The van der Waals surface area contributed by atoms with Crippen LogP contribution in [0.25, 0.3) is 11.1 Å². The summed E-state index contributed by atoms with van der Waals surface area (Å²) in [6.07, 6.45) is 12.0. The van der Waals surface area contributed by atoms with Crippen LogP contribution in [0, 0.1) is 0 Å². The minimum absolute atomic E-state index is 0. The summed E-state index contributed by atoms with van der Waals surface area (Å²) in [7, 11) is 0. The molecule has 136 valence electrons. The lowest BCUT2D eigenvalue weighted by Crippen LogP contribution is -2.13. The monoisotopic (exact) mass is 353 g/mol. The topological polar surface area (TPSA) is 64.1 Å². The Morgan fingerprint density at radius 2 is 1.75 bits per heavy atom. The fourth-order valence-electron chi connectivity index (χ4n) is 2.84. The molecular formula is C19H32ClN3O. The summed E-state index contributed by atoms with van der Waals surface area (Å²) in [4.78, 5) is 4.40. The van der Waals surface area contributed by atoms with Gasteiger partial charge >= 0.3 is 0 Å². The van der Waals surface area contributed by atoms with Crippen molar-refractivity contribution < 1.29 is 4.42 Å². The van der Waals surface area contributed by atoms with E-state index < -0.39 is 0 Å². The van der Waals surface area contributed by atoms with Crippen LogP contribution in [0.1, 0.15) is 63.9 Å². The van der Waals surface area contributed by atoms with Crippen molar-refractivity contribution in [2.75, 3.05) is 18.4 Å². The molecule has 0 fully saturated rings. The zero-order valence-corrected chi connectivity index (χ0v) is 15.7. The van der Waals surface area contributed by atoms with E-state index in [9.17, 15) is 0 Å². The van der Waals surface area contributed by atoms with Gasteiger partial charge in [-0.05, 0) is 30.5 Å². The molecular weight excluding hydrogens is 322 g/mol. The molecule has 0 spiro atoms. The van der Waals surface area contributed by atoms with Crippen LogP contribution >= 0.6 is 12.4 Å². The Balaban J connectivity index is 0.00000288. The molecule has 0 amide bonds. The first kappa shape index (κ1) is 20.8. The number of aromatic nitrogens is 1. The van der Waals surface area contributed by atoms with Crippen molar-refractivity contribution >= 4 is 29.5 Å². The number of nitrogens with zero attached hydrogens (tertiary/aromatic N) is 1. The van der Waals surface area contributed by atoms with E-state index >= 15 is 0 Å². The van der Waals surface area contributed by atoms with Gasteiger partial charge in [0.1, 0.15) is 5.52 Å². The summed E-state index contributed by atoms with van der Waals surface area (Å²) in [6, 6.07) is 6.90. The Hall–Kier alpha value is -1.26. The molecule has 0 aliphatic heterocycles. The van der Waals surface area contributed by atoms with E-state index in [1.807, 2.05) is 6.07 Å². The molecule has 0 saturated carbocycles. The number of benzene rings is 1. The van der Waals surface area contributed by atoms with Crippen molar-refractivity contribution in [1.82, 2.24) is 4.98 Å². The highest BCUT2D eigenvalue weighted by molar-refractivity contribution is 5.85. The van der Waals surface area contributed by atoms with Gasteiger partial charge in [-0.2, -0.15) is 4.98 Å². The minimum atomic E-state index is 0. The fourth-order valence-corrected chi connectivity index (χ4v) is 2.84. The van der Waals surface area contributed by atoms with Crippen LogP contribution in [0.5, 0.6) is 0 Å². The molecule has 2 rings (SSSR count). The molecule has 0 saturated heterocycles. The highest BCUT2D eigenvalue weighted by atomic mass is 35.5. The van der Waals surface area contributed by atoms with Gasteiger partial charge in [-0.15, -0.1) is 12.4 Å². The standard InChI is InChI=1S/C19H31N3O.ClH/c1-2-3-4-5-6-7-8-9-10-16-11-12-17-18(15-16)23-19(22-17)21-14-13-20;/h11-12,15H,2-10,13-14,20H2,1H3,(H,21,22);1H. The number of unbranched alkanes of at least 4 members (excludes halogenated alkanes) is 7. The van der Waals surface area contributed by atoms with Gasteiger partial charge in [-0.3, -0.25) is 0 Å². The van der Waals surface area contributed by atoms with Gasteiger partial charge in [0.05, 0.1) is 0 Å². The molecule has 1 aromatic carbocycles. The summed E-state index contributed by atoms with van der Waals surface area (Å²) >= 11 is 0. The van der Waals surface area contributed by atoms with Crippen molar-refractivity contribution in [1.29, 1.82) is 0 Å². The van der Waals surface area contributed by atoms with E-state index in [1.165, 1.54) is 56.9 Å². The summed E-state index contributed by atoms with van der Waals surface area (Å²) in [5, 5.41) is 3.08. The number of aryl methyl sites for hydroxylation is 1. The number of anilines is 1. The lowest BCUT2D eigenvalue weighted by atomic mass is 10.0. The highest BCUT2D eigenvalue weighted by Crippen LogP contribution is 2.21. The van der Waals surface area contributed by atoms with Crippen molar-refractivity contribution in [3.8, 4) is 0 Å². The first-order chi connectivity index (χ1) is 11.3. The molecule has 2 aromatic rings. The van der Waals surface area contributed by atoms with Gasteiger partial charge in [0.2, 0.25) is 0 Å². The predicted octanol–water partition coefficient (Wildman–Crippen LogP) is 5.30. The maximum atomic E-state index is 5.72. The molecule has 0 aliphatic carbocycles. The molecule has 0 unspecified atom stereocenters. The SMILES string of the molecule is CCCCCCCCCCc1ccc2nc(NCCN)oc2c1.Cl. The Bertz CT molecular complexity index is 571. The minimum Gasteiger partial charge on any atom is -0.424 e. The number of halogens is 1. The highest BCUT2D eigenvalue weighted by Gasteiger charge is 2.05. The third-order valence-corrected chi connectivity index (χ3v) is 4.19. The average Bonchev–Trinajstić information content (AvgIpc) is 2.97. The molecule has 0 bridgehead atoms. The van der Waals surface area contributed by atoms with E-state index in [-0.39, 0.29) is 12.4 Å². The van der Waals surface area contributed by atoms with Gasteiger partial charge in [-0.1, -0.05) is 57.9 Å². The Morgan fingerprint density at radius 3 is 2.46 bits per heavy atom. The first-order valence-electron chi connectivity index (χ1n) is 9.17. The van der Waals surface area contributed by atoms with E-state index in [0.29, 0.717) is 19.1 Å². The molecule has 0 aliphatic rings. The normalized spacial score (nSPS) is 10.8. The van der Waals surface area contributed by atoms with Gasteiger partial charge < -0.3 is 15.5 Å². The number of nitrogens with one attached hydrogen (secondary N) is 1. The average molecular weight is 354 g/mol. The molecule has 0 radical (unpaired) electrons. The maximum absolute atomic E-state index is 5.72. The maximum Gasteiger partial charge on any atom is 0.295 e. The summed E-state index contributed by atoms with van der Waals surface area (Å²) < 4.78 is 5.72. The number of fused-ring (bicyclic) bond motifs is 1. The number of rotatable bonds is 12. The van der Waals surface area contributed by atoms with E-state index in [4.69, 9.17) is 10.2 Å². The van der Waals surface area contributed by atoms with Crippen LogP contribution in [0.2, 0.25) is 0 Å². The predicted molar refractivity (Wildman–Crippen MR) is 105 cm³/mol. The fraction of sp³-hybridized carbons (Fsp3) is 0.632. The van der Waals surface area contributed by atoms with Crippen molar-refractivity contribution in [3.05, 3.63) is 23.8 Å². The van der Waals surface area contributed by atoms with Gasteiger partial charge in [-0.25, -0.2) is 0 Å². The second-order valence-corrected chi connectivity index (χ2v) is 6.26. The van der Waals surface area contributed by atoms with Crippen LogP contribution < -0.4 is 11.1 Å². The zero-order valence-electron chi connectivity index (χ0n) is 14.9. The van der Waals surface area contributed by atoms with Gasteiger partial charge in [0, 0.05) is 13.1 Å². The molecule has 5 heteroatoms. The number of oxazole rings is 1. The van der Waals surface area contributed by atoms with Gasteiger partial charge in [0.15, 0.2) is 5.58 Å². The third kappa shape index (κ3) is 7.10. The van der Waals surface area contributed by atoms with E-state index in [2.05, 4.69) is 29.4 Å². The number of hydrogen-bond donors (Lipinski definition) is 2. The number of hydrogen-bond acceptors (Lipinski definition) is 4. The van der Waals surface area contributed by atoms with Crippen molar-refractivity contribution in [3.63, 3.8) is 0 Å². The lowest BCUT2D eigenvalue weighted by molar-refractivity contribution is 0.575. The molecule has 0 atom stereocenters. The lowest BCUT2D eigenvalue weighted by Gasteiger charge is -2.02. The Morgan fingerprint density at radius 1 is 1.04 bits per heavy atom. The quantitative estimate of drug-likeness (QED) is 0.508. The van der Waals surface area contributed by atoms with Crippen molar-refractivity contribution in [2.45, 2.75) is 64.7 Å². The molecule has 3 N–H and O–H groups in total. The summed E-state index contributed by atoms with van der Waals surface area (Å²) in [5.41, 5.74) is 8.58. The van der Waals surface area contributed by atoms with Crippen LogP contribution in [-0.2, 0) is 6.42 Å². The van der Waals surface area contributed by atoms with Crippen LogP contribution in [-0.4, -0.2) is 18.1 Å².